The van der Waals surface area contributed by atoms with Crippen molar-refractivity contribution in [2.45, 2.75) is 39.2 Å². The van der Waals surface area contributed by atoms with E-state index in [1.165, 1.54) is 0 Å². The van der Waals surface area contributed by atoms with Crippen molar-refractivity contribution in [3.05, 3.63) is 0 Å². The third-order valence-electron chi connectivity index (χ3n) is 2.65. The molecule has 0 amide bonds. The fourth-order valence-corrected chi connectivity index (χ4v) is 2.03. The molecule has 0 spiro atoms. The van der Waals surface area contributed by atoms with E-state index in [1.54, 1.807) is 0 Å². The lowest BCUT2D eigenvalue weighted by atomic mass is 9.62. The SMILES string of the molecule is CC1(C)CC([C@@H](N)CC(=O)O)C1. The molecule has 1 rings (SSSR count). The van der Waals surface area contributed by atoms with Crippen molar-refractivity contribution >= 4 is 5.97 Å². The second-order valence-corrected chi connectivity index (χ2v) is 4.59. The Morgan fingerprint density at radius 2 is 2.17 bits per heavy atom. The Balaban J connectivity index is 2.28. The van der Waals surface area contributed by atoms with E-state index in [2.05, 4.69) is 13.8 Å². The highest BCUT2D eigenvalue weighted by Crippen LogP contribution is 2.46. The average molecular weight is 171 g/mol. The van der Waals surface area contributed by atoms with Gasteiger partial charge in [-0.15, -0.1) is 0 Å². The van der Waals surface area contributed by atoms with Crippen LogP contribution in [0.2, 0.25) is 0 Å². The molecule has 3 heteroatoms. The molecular formula is C9H17NO2. The number of hydrogen-bond acceptors (Lipinski definition) is 2. The minimum atomic E-state index is -0.785. The first-order valence-corrected chi connectivity index (χ1v) is 4.38. The standard InChI is InChI=1S/C9H17NO2/c1-9(2)4-6(5-9)7(10)3-8(11)12/h6-7H,3-5,10H2,1-2H3,(H,11,12)/t7-/m0/s1. The predicted molar refractivity (Wildman–Crippen MR) is 46.7 cm³/mol. The zero-order chi connectivity index (χ0) is 9.35. The van der Waals surface area contributed by atoms with Gasteiger partial charge in [0.1, 0.15) is 0 Å². The molecule has 3 nitrogen and oxygen atoms in total. The maximum absolute atomic E-state index is 10.3. The molecule has 0 aromatic carbocycles. The summed E-state index contributed by atoms with van der Waals surface area (Å²) in [4.78, 5) is 10.3. The summed E-state index contributed by atoms with van der Waals surface area (Å²) in [5.41, 5.74) is 6.11. The lowest BCUT2D eigenvalue weighted by molar-refractivity contribution is -0.138. The van der Waals surface area contributed by atoms with E-state index < -0.39 is 5.97 Å². The van der Waals surface area contributed by atoms with Crippen molar-refractivity contribution in [3.63, 3.8) is 0 Å². The van der Waals surface area contributed by atoms with E-state index >= 15 is 0 Å². The van der Waals surface area contributed by atoms with Gasteiger partial charge >= 0.3 is 5.97 Å². The minimum Gasteiger partial charge on any atom is -0.481 e. The van der Waals surface area contributed by atoms with Gasteiger partial charge in [-0.3, -0.25) is 4.79 Å². The molecule has 0 aromatic rings. The van der Waals surface area contributed by atoms with Gasteiger partial charge in [0.05, 0.1) is 6.42 Å². The lowest BCUT2D eigenvalue weighted by Gasteiger charge is -2.45. The van der Waals surface area contributed by atoms with Crippen LogP contribution in [0.25, 0.3) is 0 Å². The van der Waals surface area contributed by atoms with Gasteiger partial charge in [-0.1, -0.05) is 13.8 Å². The number of rotatable bonds is 3. The Kier molecular flexibility index (Phi) is 2.42. The highest BCUT2D eigenvalue weighted by atomic mass is 16.4. The van der Waals surface area contributed by atoms with Gasteiger partial charge in [0.2, 0.25) is 0 Å². The highest BCUT2D eigenvalue weighted by Gasteiger charge is 2.39. The van der Waals surface area contributed by atoms with Crippen LogP contribution in [0.5, 0.6) is 0 Å². The Morgan fingerprint density at radius 3 is 2.50 bits per heavy atom. The number of nitrogens with two attached hydrogens (primary N) is 1. The summed E-state index contributed by atoms with van der Waals surface area (Å²) in [6, 6.07) is -0.143. The van der Waals surface area contributed by atoms with Crippen LogP contribution in [0.15, 0.2) is 0 Å². The van der Waals surface area contributed by atoms with Gasteiger partial charge in [-0.25, -0.2) is 0 Å². The zero-order valence-corrected chi connectivity index (χ0v) is 7.71. The first-order valence-electron chi connectivity index (χ1n) is 4.38. The summed E-state index contributed by atoms with van der Waals surface area (Å²) in [7, 11) is 0. The molecule has 1 fully saturated rings. The average Bonchev–Trinajstić information content (AvgIpc) is 1.80. The van der Waals surface area contributed by atoms with Gasteiger partial charge in [0.25, 0.3) is 0 Å². The van der Waals surface area contributed by atoms with Gasteiger partial charge in [0, 0.05) is 6.04 Å². The molecule has 12 heavy (non-hydrogen) atoms. The van der Waals surface area contributed by atoms with Crippen LogP contribution in [-0.4, -0.2) is 17.1 Å². The van der Waals surface area contributed by atoms with Crippen molar-refractivity contribution in [2.75, 3.05) is 0 Å². The topological polar surface area (TPSA) is 63.3 Å². The zero-order valence-electron chi connectivity index (χ0n) is 7.71. The summed E-state index contributed by atoms with van der Waals surface area (Å²) in [5, 5.41) is 8.50. The summed E-state index contributed by atoms with van der Waals surface area (Å²) < 4.78 is 0. The maximum atomic E-state index is 10.3. The van der Waals surface area contributed by atoms with Crippen molar-refractivity contribution < 1.29 is 9.90 Å². The molecule has 1 aliphatic rings. The van der Waals surface area contributed by atoms with E-state index in [0.29, 0.717) is 11.3 Å². The molecule has 0 aliphatic heterocycles. The van der Waals surface area contributed by atoms with Crippen LogP contribution >= 0.6 is 0 Å². The molecule has 3 N–H and O–H groups in total. The Hall–Kier alpha value is -0.570. The predicted octanol–water partition coefficient (Wildman–Crippen LogP) is 1.22. The largest absolute Gasteiger partial charge is 0.481 e. The first-order chi connectivity index (χ1) is 5.41. The van der Waals surface area contributed by atoms with Crippen molar-refractivity contribution in [3.8, 4) is 0 Å². The van der Waals surface area contributed by atoms with E-state index in [9.17, 15) is 4.79 Å². The molecule has 1 aliphatic carbocycles. The van der Waals surface area contributed by atoms with E-state index in [1.807, 2.05) is 0 Å². The maximum Gasteiger partial charge on any atom is 0.304 e. The summed E-state index contributed by atoms with van der Waals surface area (Å²) in [6.07, 6.45) is 2.25. The third kappa shape index (κ3) is 2.21. The highest BCUT2D eigenvalue weighted by molar-refractivity contribution is 5.67. The molecule has 0 saturated heterocycles. The molecule has 0 aromatic heterocycles. The monoisotopic (exact) mass is 171 g/mol. The molecule has 0 bridgehead atoms. The van der Waals surface area contributed by atoms with Gasteiger partial charge < -0.3 is 10.8 Å². The van der Waals surface area contributed by atoms with Crippen LogP contribution < -0.4 is 5.73 Å². The Bertz CT molecular complexity index is 181. The molecule has 0 radical (unpaired) electrons. The summed E-state index contributed by atoms with van der Waals surface area (Å²) >= 11 is 0. The van der Waals surface area contributed by atoms with Crippen molar-refractivity contribution in [2.24, 2.45) is 17.1 Å². The van der Waals surface area contributed by atoms with Gasteiger partial charge in [-0.2, -0.15) is 0 Å². The van der Waals surface area contributed by atoms with Crippen LogP contribution in [0.3, 0.4) is 0 Å². The Morgan fingerprint density at radius 1 is 1.67 bits per heavy atom. The van der Waals surface area contributed by atoms with Crippen molar-refractivity contribution in [1.29, 1.82) is 0 Å². The second-order valence-electron chi connectivity index (χ2n) is 4.59. The number of aliphatic carboxylic acids is 1. The molecule has 1 atom stereocenters. The van der Waals surface area contributed by atoms with Gasteiger partial charge in [0.15, 0.2) is 0 Å². The lowest BCUT2D eigenvalue weighted by Crippen LogP contribution is -2.44. The number of carboxylic acid groups (broad SMARTS) is 1. The molecule has 70 valence electrons. The van der Waals surface area contributed by atoms with Crippen LogP contribution in [0.1, 0.15) is 33.1 Å². The normalized spacial score (nSPS) is 24.6. The van der Waals surface area contributed by atoms with E-state index in [0.717, 1.165) is 12.8 Å². The van der Waals surface area contributed by atoms with Crippen LogP contribution in [0, 0.1) is 11.3 Å². The smallest absolute Gasteiger partial charge is 0.304 e. The van der Waals surface area contributed by atoms with E-state index in [-0.39, 0.29) is 12.5 Å². The molecule has 0 unspecified atom stereocenters. The van der Waals surface area contributed by atoms with Crippen molar-refractivity contribution in [1.82, 2.24) is 0 Å². The van der Waals surface area contributed by atoms with E-state index in [4.69, 9.17) is 10.8 Å². The fourth-order valence-electron chi connectivity index (χ4n) is 2.03. The summed E-state index contributed by atoms with van der Waals surface area (Å²) in [6.45, 7) is 4.38. The van der Waals surface area contributed by atoms with Gasteiger partial charge in [-0.05, 0) is 24.2 Å². The molecule has 0 heterocycles. The first kappa shape index (κ1) is 9.52. The quantitative estimate of drug-likeness (QED) is 0.671. The van der Waals surface area contributed by atoms with Crippen LogP contribution in [0.4, 0.5) is 0 Å². The minimum absolute atomic E-state index is 0.112. The fraction of sp³-hybridized carbons (Fsp3) is 0.889. The van der Waals surface area contributed by atoms with Crippen LogP contribution in [-0.2, 0) is 4.79 Å². The molecule has 1 saturated carbocycles. The number of carbonyl (C=O) groups is 1. The third-order valence-corrected chi connectivity index (χ3v) is 2.65. The number of hydrogen-bond donors (Lipinski definition) is 2. The number of carboxylic acids is 1. The second kappa shape index (κ2) is 3.05. The Labute approximate surface area is 72.9 Å². The molecular weight excluding hydrogens is 154 g/mol. The summed E-state index contributed by atoms with van der Waals surface area (Å²) in [5.74, 6) is -0.358.